The molecule has 1 fully saturated rings. The molecule has 27 heavy (non-hydrogen) atoms. The summed E-state index contributed by atoms with van der Waals surface area (Å²) in [6, 6.07) is 7.62. The first-order valence-electron chi connectivity index (χ1n) is 9.00. The smallest absolute Gasteiger partial charge is 0.413 e. The van der Waals surface area contributed by atoms with Crippen molar-refractivity contribution in [1.29, 1.82) is 5.26 Å². The molecular formula is C19H24N6O2. The maximum atomic E-state index is 11.8. The molecule has 2 aromatic heterocycles. The summed E-state index contributed by atoms with van der Waals surface area (Å²) < 4.78 is 5.24. The van der Waals surface area contributed by atoms with E-state index in [1.165, 1.54) is 0 Å². The number of aromatic amines is 1. The highest BCUT2D eigenvalue weighted by Crippen LogP contribution is 2.29. The number of piperidine rings is 1. The summed E-state index contributed by atoms with van der Waals surface area (Å²) >= 11 is 0. The molecule has 2 N–H and O–H groups in total. The molecule has 8 nitrogen and oxygen atoms in total. The van der Waals surface area contributed by atoms with Gasteiger partial charge in [-0.25, -0.2) is 9.78 Å². The second-order valence-electron chi connectivity index (χ2n) is 7.61. The summed E-state index contributed by atoms with van der Waals surface area (Å²) in [6.07, 6.45) is 2.99. The monoisotopic (exact) mass is 368 g/mol. The van der Waals surface area contributed by atoms with Gasteiger partial charge >= 0.3 is 6.09 Å². The van der Waals surface area contributed by atoms with Crippen LogP contribution in [0.5, 0.6) is 0 Å². The molecule has 1 amide bonds. The Labute approximate surface area is 158 Å². The maximum absolute atomic E-state index is 11.8. The van der Waals surface area contributed by atoms with Gasteiger partial charge in [0.05, 0.1) is 11.3 Å². The van der Waals surface area contributed by atoms with E-state index in [0.29, 0.717) is 17.3 Å². The highest BCUT2D eigenvalue weighted by atomic mass is 16.6. The highest BCUT2D eigenvalue weighted by molar-refractivity contribution is 5.83. The number of rotatable bonds is 3. The van der Waals surface area contributed by atoms with Crippen LogP contribution < -0.4 is 10.2 Å². The van der Waals surface area contributed by atoms with Crippen molar-refractivity contribution in [2.45, 2.75) is 45.1 Å². The molecule has 0 saturated carbocycles. The van der Waals surface area contributed by atoms with Gasteiger partial charge in [-0.05, 0) is 45.7 Å². The van der Waals surface area contributed by atoms with Crippen LogP contribution >= 0.6 is 0 Å². The third-order valence-corrected chi connectivity index (χ3v) is 4.35. The summed E-state index contributed by atoms with van der Waals surface area (Å²) in [5.41, 5.74) is 0.961. The molecule has 0 radical (unpaired) electrons. The number of carbonyl (C=O) groups is 1. The van der Waals surface area contributed by atoms with Crippen LogP contribution in [0.4, 0.5) is 16.4 Å². The quantitative estimate of drug-likeness (QED) is 0.860. The van der Waals surface area contributed by atoms with Gasteiger partial charge in [0, 0.05) is 31.3 Å². The van der Waals surface area contributed by atoms with Crippen LogP contribution in [0.3, 0.4) is 0 Å². The van der Waals surface area contributed by atoms with Crippen LogP contribution in [0.15, 0.2) is 24.4 Å². The predicted molar refractivity (Wildman–Crippen MR) is 102 cm³/mol. The van der Waals surface area contributed by atoms with Crippen molar-refractivity contribution in [2.75, 3.05) is 23.3 Å². The number of pyridine rings is 1. The van der Waals surface area contributed by atoms with Crippen molar-refractivity contribution in [3.8, 4) is 6.07 Å². The van der Waals surface area contributed by atoms with Crippen molar-refractivity contribution >= 4 is 17.7 Å². The molecule has 0 aliphatic carbocycles. The predicted octanol–water partition coefficient (Wildman–Crippen LogP) is 3.41. The third-order valence-electron chi connectivity index (χ3n) is 4.35. The van der Waals surface area contributed by atoms with Crippen LogP contribution in [0.25, 0.3) is 0 Å². The Kier molecular flexibility index (Phi) is 5.31. The minimum Gasteiger partial charge on any atom is -0.444 e. The van der Waals surface area contributed by atoms with Gasteiger partial charge in [-0.1, -0.05) is 0 Å². The maximum Gasteiger partial charge on any atom is 0.413 e. The van der Waals surface area contributed by atoms with E-state index in [4.69, 9.17) is 10.00 Å². The average Bonchev–Trinajstić information content (AvgIpc) is 3.08. The second-order valence-corrected chi connectivity index (χ2v) is 7.61. The fourth-order valence-corrected chi connectivity index (χ4v) is 3.07. The lowest BCUT2D eigenvalue weighted by Gasteiger charge is -2.32. The van der Waals surface area contributed by atoms with Crippen LogP contribution in [-0.4, -0.2) is 40.0 Å². The molecule has 0 atom stereocenters. The normalized spacial score (nSPS) is 15.3. The van der Waals surface area contributed by atoms with Crippen LogP contribution in [0, 0.1) is 11.3 Å². The van der Waals surface area contributed by atoms with E-state index in [-0.39, 0.29) is 0 Å². The number of anilines is 2. The lowest BCUT2D eigenvalue weighted by Crippen LogP contribution is -2.33. The molecule has 3 heterocycles. The van der Waals surface area contributed by atoms with Gasteiger partial charge in [-0.3, -0.25) is 10.4 Å². The van der Waals surface area contributed by atoms with E-state index in [2.05, 4.69) is 31.5 Å². The number of amides is 1. The molecule has 0 spiro atoms. The molecule has 1 aliphatic heterocycles. The Bertz CT molecular complexity index is 823. The lowest BCUT2D eigenvalue weighted by atomic mass is 9.93. The number of nitrogens with zero attached hydrogens (tertiary/aromatic N) is 4. The zero-order chi connectivity index (χ0) is 19.4. The van der Waals surface area contributed by atoms with Gasteiger partial charge < -0.3 is 9.64 Å². The van der Waals surface area contributed by atoms with Gasteiger partial charge in [0.15, 0.2) is 0 Å². The molecular weight excluding hydrogens is 344 g/mol. The molecule has 8 heteroatoms. The first kappa shape index (κ1) is 18.7. The highest BCUT2D eigenvalue weighted by Gasteiger charge is 2.24. The number of aromatic nitrogens is 3. The number of nitrogens with one attached hydrogen (secondary N) is 2. The van der Waals surface area contributed by atoms with Crippen molar-refractivity contribution in [1.82, 2.24) is 15.2 Å². The van der Waals surface area contributed by atoms with Gasteiger partial charge in [0.25, 0.3) is 0 Å². The summed E-state index contributed by atoms with van der Waals surface area (Å²) in [4.78, 5) is 18.4. The van der Waals surface area contributed by atoms with Crippen molar-refractivity contribution in [3.05, 3.63) is 35.7 Å². The van der Waals surface area contributed by atoms with E-state index < -0.39 is 11.7 Å². The zero-order valence-corrected chi connectivity index (χ0v) is 15.8. The molecule has 0 unspecified atom stereocenters. The first-order valence-corrected chi connectivity index (χ1v) is 9.00. The van der Waals surface area contributed by atoms with Crippen molar-refractivity contribution in [2.24, 2.45) is 0 Å². The van der Waals surface area contributed by atoms with Gasteiger partial charge in [0.1, 0.15) is 23.3 Å². The minimum atomic E-state index is -0.542. The minimum absolute atomic E-state index is 0.324. The molecule has 0 aromatic carbocycles. The molecule has 1 aliphatic rings. The largest absolute Gasteiger partial charge is 0.444 e. The van der Waals surface area contributed by atoms with Gasteiger partial charge in [-0.15, -0.1) is 0 Å². The summed E-state index contributed by atoms with van der Waals surface area (Å²) in [5.74, 6) is 1.75. The van der Waals surface area contributed by atoms with Gasteiger partial charge in [0.2, 0.25) is 0 Å². The SMILES string of the molecule is CC(C)(C)OC(=O)Nc1cc(C2CCN(c3ccc(C#N)cn3)CC2)n[nH]1. The first-order chi connectivity index (χ1) is 12.8. The summed E-state index contributed by atoms with van der Waals surface area (Å²) in [5, 5.41) is 18.7. The van der Waals surface area contributed by atoms with E-state index in [1.54, 1.807) is 12.3 Å². The fraction of sp³-hybridized carbons (Fsp3) is 0.474. The Morgan fingerprint density at radius 1 is 1.37 bits per heavy atom. The number of hydrogen-bond acceptors (Lipinski definition) is 6. The zero-order valence-electron chi connectivity index (χ0n) is 15.8. The standard InChI is InChI=1S/C19H24N6O2/c1-19(2,3)27-18(26)22-16-10-15(23-24-16)14-6-8-25(9-7-14)17-5-4-13(11-20)12-21-17/h4-5,10,12,14H,6-9H2,1-3H3,(H2,22,23,24,26). The van der Waals surface area contributed by atoms with Gasteiger partial charge in [-0.2, -0.15) is 10.4 Å². The van der Waals surface area contributed by atoms with E-state index in [9.17, 15) is 4.79 Å². The van der Waals surface area contributed by atoms with Crippen LogP contribution in [-0.2, 0) is 4.74 Å². The average molecular weight is 368 g/mol. The Morgan fingerprint density at radius 2 is 2.11 bits per heavy atom. The Morgan fingerprint density at radius 3 is 2.70 bits per heavy atom. The molecule has 2 aromatic rings. The van der Waals surface area contributed by atoms with Crippen LogP contribution in [0.1, 0.15) is 50.8 Å². The Balaban J connectivity index is 1.54. The van der Waals surface area contributed by atoms with E-state index in [1.807, 2.05) is 32.9 Å². The summed E-state index contributed by atoms with van der Waals surface area (Å²) in [7, 11) is 0. The number of H-pyrrole nitrogens is 1. The van der Waals surface area contributed by atoms with Crippen molar-refractivity contribution in [3.63, 3.8) is 0 Å². The van der Waals surface area contributed by atoms with Crippen LogP contribution in [0.2, 0.25) is 0 Å². The number of hydrogen-bond donors (Lipinski definition) is 2. The molecule has 3 rings (SSSR count). The number of ether oxygens (including phenoxy) is 1. The fourth-order valence-electron chi connectivity index (χ4n) is 3.07. The molecule has 1 saturated heterocycles. The number of carbonyl (C=O) groups excluding carboxylic acids is 1. The molecule has 0 bridgehead atoms. The number of nitriles is 1. The Hall–Kier alpha value is -3.08. The van der Waals surface area contributed by atoms with E-state index in [0.717, 1.165) is 37.4 Å². The topological polar surface area (TPSA) is 107 Å². The third kappa shape index (κ3) is 4.97. The lowest BCUT2D eigenvalue weighted by molar-refractivity contribution is 0.0635. The summed E-state index contributed by atoms with van der Waals surface area (Å²) in [6.45, 7) is 7.20. The second kappa shape index (κ2) is 7.66. The van der Waals surface area contributed by atoms with Crippen molar-refractivity contribution < 1.29 is 9.53 Å². The van der Waals surface area contributed by atoms with E-state index >= 15 is 0 Å². The molecule has 142 valence electrons.